The van der Waals surface area contributed by atoms with Gasteiger partial charge in [0.1, 0.15) is 11.4 Å². The Balaban J connectivity index is 1.61. The quantitative estimate of drug-likeness (QED) is 0.814. The van der Waals surface area contributed by atoms with Crippen LogP contribution in [0.15, 0.2) is 6.20 Å². The van der Waals surface area contributed by atoms with Gasteiger partial charge in [-0.2, -0.15) is 4.98 Å². The molecule has 2 fully saturated rings. The number of aromatic nitrogens is 2. The molecule has 0 bridgehead atoms. The molecule has 23 heavy (non-hydrogen) atoms. The van der Waals surface area contributed by atoms with Gasteiger partial charge >= 0.3 is 0 Å². The maximum Gasteiger partial charge on any atom is 0.259 e. The fraction of sp³-hybridized carbons (Fsp3) is 0.688. The average Bonchev–Trinajstić information content (AvgIpc) is 3.42. The number of fused-ring (bicyclic) bond motifs is 1. The van der Waals surface area contributed by atoms with E-state index in [1.165, 1.54) is 12.8 Å². The lowest BCUT2D eigenvalue weighted by Crippen LogP contribution is -2.37. The molecule has 1 amide bonds. The predicted molar refractivity (Wildman–Crippen MR) is 87.0 cm³/mol. The number of nitrogens with zero attached hydrogens (tertiary/aromatic N) is 5. The third-order valence-corrected chi connectivity index (χ3v) is 4.81. The minimum Gasteiger partial charge on any atom is -0.378 e. The number of morpholine rings is 1. The highest BCUT2D eigenvalue weighted by Crippen LogP contribution is 2.31. The van der Waals surface area contributed by atoms with E-state index >= 15 is 0 Å². The van der Waals surface area contributed by atoms with E-state index in [9.17, 15) is 4.79 Å². The number of carbonyl (C=O) groups is 1. The van der Waals surface area contributed by atoms with Crippen molar-refractivity contribution in [2.24, 2.45) is 5.92 Å². The molecule has 1 aromatic heterocycles. The van der Waals surface area contributed by atoms with Crippen molar-refractivity contribution in [1.29, 1.82) is 0 Å². The normalized spacial score (nSPS) is 22.1. The molecule has 1 aromatic rings. The van der Waals surface area contributed by atoms with E-state index < -0.39 is 0 Å². The summed E-state index contributed by atoms with van der Waals surface area (Å²) in [5, 5.41) is 0. The van der Waals surface area contributed by atoms with Crippen LogP contribution in [0.2, 0.25) is 0 Å². The molecule has 0 atom stereocenters. The Morgan fingerprint density at radius 2 is 2.00 bits per heavy atom. The van der Waals surface area contributed by atoms with Gasteiger partial charge in [-0.3, -0.25) is 4.79 Å². The van der Waals surface area contributed by atoms with Crippen LogP contribution in [0.25, 0.3) is 0 Å². The van der Waals surface area contributed by atoms with Gasteiger partial charge in [-0.25, -0.2) is 4.98 Å². The van der Waals surface area contributed by atoms with Crippen LogP contribution in [0.1, 0.15) is 23.2 Å². The summed E-state index contributed by atoms with van der Waals surface area (Å²) in [6.07, 6.45) is 4.20. The van der Waals surface area contributed by atoms with Crippen LogP contribution in [0, 0.1) is 5.92 Å². The van der Waals surface area contributed by atoms with E-state index in [4.69, 9.17) is 9.72 Å². The van der Waals surface area contributed by atoms with Crippen LogP contribution in [0.5, 0.6) is 0 Å². The van der Waals surface area contributed by atoms with Crippen molar-refractivity contribution in [1.82, 2.24) is 14.9 Å². The first kappa shape index (κ1) is 14.7. The Kier molecular flexibility index (Phi) is 3.80. The van der Waals surface area contributed by atoms with Crippen molar-refractivity contribution < 1.29 is 9.53 Å². The summed E-state index contributed by atoms with van der Waals surface area (Å²) < 4.78 is 5.38. The zero-order valence-electron chi connectivity index (χ0n) is 13.6. The molecule has 4 rings (SSSR count). The molecule has 0 spiro atoms. The predicted octanol–water partition coefficient (Wildman–Crippen LogP) is 0.615. The molecule has 0 unspecified atom stereocenters. The van der Waals surface area contributed by atoms with Gasteiger partial charge in [0.05, 0.1) is 13.2 Å². The summed E-state index contributed by atoms with van der Waals surface area (Å²) in [4.78, 5) is 28.1. The van der Waals surface area contributed by atoms with E-state index in [1.807, 2.05) is 11.9 Å². The number of hydrogen-bond acceptors (Lipinski definition) is 6. The van der Waals surface area contributed by atoms with Crippen LogP contribution in [-0.4, -0.2) is 73.8 Å². The largest absolute Gasteiger partial charge is 0.378 e. The molecule has 1 saturated heterocycles. The molecular weight excluding hydrogens is 294 g/mol. The summed E-state index contributed by atoms with van der Waals surface area (Å²) in [5.41, 5.74) is 0.627. The summed E-state index contributed by atoms with van der Waals surface area (Å²) in [5.74, 6) is 2.22. The Labute approximate surface area is 136 Å². The molecule has 1 aliphatic carbocycles. The van der Waals surface area contributed by atoms with Crippen molar-refractivity contribution >= 4 is 17.7 Å². The first-order valence-corrected chi connectivity index (χ1v) is 8.42. The number of ether oxygens (including phenoxy) is 1. The molecule has 2 aliphatic heterocycles. The third-order valence-electron chi connectivity index (χ3n) is 4.81. The average molecular weight is 317 g/mol. The molecule has 0 N–H and O–H groups in total. The van der Waals surface area contributed by atoms with E-state index in [1.54, 1.807) is 6.20 Å². The zero-order valence-corrected chi connectivity index (χ0v) is 13.6. The standard InChI is InChI=1S/C16H23N5O2/c1-19-4-5-21(11-12-2-3-12)15(22)13-10-17-16(18-14(13)19)20-6-8-23-9-7-20/h10,12H,2-9,11H2,1H3. The van der Waals surface area contributed by atoms with Gasteiger partial charge in [-0.1, -0.05) is 0 Å². The number of likely N-dealkylation sites (N-methyl/N-ethyl adjacent to an activating group) is 1. The zero-order chi connectivity index (χ0) is 15.8. The minimum absolute atomic E-state index is 0.0739. The van der Waals surface area contributed by atoms with E-state index in [-0.39, 0.29) is 5.91 Å². The summed E-state index contributed by atoms with van der Waals surface area (Å²) in [6, 6.07) is 0. The number of carbonyl (C=O) groups excluding carboxylic acids is 1. The SMILES string of the molecule is CN1CCN(CC2CC2)C(=O)c2cnc(N3CCOCC3)nc21. The van der Waals surface area contributed by atoms with Crippen molar-refractivity contribution in [3.8, 4) is 0 Å². The van der Waals surface area contributed by atoms with Crippen LogP contribution in [-0.2, 0) is 4.74 Å². The molecule has 0 aromatic carbocycles. The third kappa shape index (κ3) is 2.97. The van der Waals surface area contributed by atoms with Gasteiger partial charge < -0.3 is 19.4 Å². The topological polar surface area (TPSA) is 61.8 Å². The fourth-order valence-corrected chi connectivity index (χ4v) is 3.16. The highest BCUT2D eigenvalue weighted by atomic mass is 16.5. The minimum atomic E-state index is 0.0739. The lowest BCUT2D eigenvalue weighted by Gasteiger charge is -2.27. The van der Waals surface area contributed by atoms with Crippen molar-refractivity contribution in [2.75, 3.05) is 62.8 Å². The second-order valence-corrected chi connectivity index (χ2v) is 6.62. The molecule has 3 aliphatic rings. The number of rotatable bonds is 3. The van der Waals surface area contributed by atoms with Gasteiger partial charge in [0, 0.05) is 46.0 Å². The van der Waals surface area contributed by atoms with Gasteiger partial charge in [0.15, 0.2) is 0 Å². The Morgan fingerprint density at radius 3 is 2.74 bits per heavy atom. The Morgan fingerprint density at radius 1 is 1.22 bits per heavy atom. The van der Waals surface area contributed by atoms with Gasteiger partial charge in [0.25, 0.3) is 5.91 Å². The summed E-state index contributed by atoms with van der Waals surface area (Å²) in [7, 11) is 2.00. The Bertz CT molecular complexity index is 598. The molecule has 0 radical (unpaired) electrons. The first-order valence-electron chi connectivity index (χ1n) is 8.42. The lowest BCUT2D eigenvalue weighted by atomic mass is 10.2. The fourth-order valence-electron chi connectivity index (χ4n) is 3.16. The number of anilines is 2. The smallest absolute Gasteiger partial charge is 0.259 e. The highest BCUT2D eigenvalue weighted by Gasteiger charge is 2.32. The monoisotopic (exact) mass is 317 g/mol. The van der Waals surface area contributed by atoms with Crippen LogP contribution >= 0.6 is 0 Å². The van der Waals surface area contributed by atoms with Crippen LogP contribution in [0.3, 0.4) is 0 Å². The second-order valence-electron chi connectivity index (χ2n) is 6.62. The summed E-state index contributed by atoms with van der Waals surface area (Å²) >= 11 is 0. The second kappa shape index (κ2) is 5.96. The van der Waals surface area contributed by atoms with Crippen molar-refractivity contribution in [2.45, 2.75) is 12.8 Å². The first-order chi connectivity index (χ1) is 11.2. The molecule has 7 heteroatoms. The maximum atomic E-state index is 12.8. The number of amides is 1. The molecule has 3 heterocycles. The maximum absolute atomic E-state index is 12.8. The Hall–Kier alpha value is -1.89. The van der Waals surface area contributed by atoms with Crippen molar-refractivity contribution in [3.05, 3.63) is 11.8 Å². The van der Waals surface area contributed by atoms with E-state index in [2.05, 4.69) is 14.8 Å². The lowest BCUT2D eigenvalue weighted by molar-refractivity contribution is 0.0758. The molecule has 7 nitrogen and oxygen atoms in total. The molecule has 1 saturated carbocycles. The van der Waals surface area contributed by atoms with Crippen LogP contribution < -0.4 is 9.80 Å². The van der Waals surface area contributed by atoms with E-state index in [0.717, 1.165) is 38.5 Å². The molecule has 124 valence electrons. The molecular formula is C16H23N5O2. The number of hydrogen-bond donors (Lipinski definition) is 0. The van der Waals surface area contributed by atoms with Crippen LogP contribution in [0.4, 0.5) is 11.8 Å². The van der Waals surface area contributed by atoms with Gasteiger partial charge in [-0.05, 0) is 18.8 Å². The van der Waals surface area contributed by atoms with Gasteiger partial charge in [0.2, 0.25) is 5.95 Å². The van der Waals surface area contributed by atoms with Gasteiger partial charge in [-0.15, -0.1) is 0 Å². The van der Waals surface area contributed by atoms with Crippen molar-refractivity contribution in [3.63, 3.8) is 0 Å². The highest BCUT2D eigenvalue weighted by molar-refractivity contribution is 5.99. The van der Waals surface area contributed by atoms with E-state index in [0.29, 0.717) is 30.6 Å². The summed E-state index contributed by atoms with van der Waals surface area (Å²) in [6.45, 7) is 5.43.